The molecule has 2 aromatic heterocycles. The van der Waals surface area contributed by atoms with Crippen molar-refractivity contribution < 1.29 is 9.53 Å². The fraction of sp³-hybridized carbons (Fsp3) is 0.316. The van der Waals surface area contributed by atoms with Gasteiger partial charge >= 0.3 is 0 Å². The Bertz CT molecular complexity index is 1010. The third-order valence-electron chi connectivity index (χ3n) is 5.06. The molecule has 1 aliphatic heterocycles. The van der Waals surface area contributed by atoms with Crippen LogP contribution in [0.5, 0.6) is 0 Å². The van der Waals surface area contributed by atoms with Crippen molar-refractivity contribution in [3.8, 4) is 0 Å². The standard InChI is InChI=1S/C19H20N4O3/c1-22-16(9-12-5-3-4-6-14(12)18(22)24)19(25)23-11-13(26-2)10-15(23)17-20-7-8-21-17/h3-9,13,15H,10-11H2,1-2H3,(H,20,21)/t13-,15?/m1/s1. The minimum atomic E-state index is -0.205. The summed E-state index contributed by atoms with van der Waals surface area (Å²) in [6, 6.07) is 8.87. The van der Waals surface area contributed by atoms with E-state index in [1.165, 1.54) is 4.57 Å². The quantitative estimate of drug-likeness (QED) is 0.780. The number of carbonyl (C=O) groups is 1. The monoisotopic (exact) mass is 352 g/mol. The van der Waals surface area contributed by atoms with Gasteiger partial charge in [-0.3, -0.25) is 9.59 Å². The number of fused-ring (bicyclic) bond motifs is 1. The molecule has 7 heteroatoms. The Morgan fingerprint density at radius 1 is 1.35 bits per heavy atom. The topological polar surface area (TPSA) is 80.2 Å². The second kappa shape index (κ2) is 6.42. The number of ether oxygens (including phenoxy) is 1. The van der Waals surface area contributed by atoms with E-state index >= 15 is 0 Å². The second-order valence-electron chi connectivity index (χ2n) is 6.52. The van der Waals surface area contributed by atoms with E-state index in [4.69, 9.17) is 4.74 Å². The largest absolute Gasteiger partial charge is 0.380 e. The number of carbonyl (C=O) groups excluding carboxylic acids is 1. The first kappa shape index (κ1) is 16.5. The van der Waals surface area contributed by atoms with Crippen LogP contribution >= 0.6 is 0 Å². The van der Waals surface area contributed by atoms with E-state index in [1.54, 1.807) is 43.6 Å². The van der Waals surface area contributed by atoms with Crippen molar-refractivity contribution in [3.05, 3.63) is 64.6 Å². The Morgan fingerprint density at radius 2 is 2.15 bits per heavy atom. The highest BCUT2D eigenvalue weighted by atomic mass is 16.5. The summed E-state index contributed by atoms with van der Waals surface area (Å²) >= 11 is 0. The van der Waals surface area contributed by atoms with Gasteiger partial charge in [0.25, 0.3) is 11.5 Å². The maximum Gasteiger partial charge on any atom is 0.271 e. The zero-order chi connectivity index (χ0) is 18.3. The molecular formula is C19H20N4O3. The number of H-pyrrole nitrogens is 1. The van der Waals surface area contributed by atoms with Gasteiger partial charge in [0, 0.05) is 44.9 Å². The van der Waals surface area contributed by atoms with Gasteiger partial charge in [0.15, 0.2) is 0 Å². The zero-order valence-electron chi connectivity index (χ0n) is 14.7. The highest BCUT2D eigenvalue weighted by molar-refractivity contribution is 5.97. The van der Waals surface area contributed by atoms with Crippen LogP contribution in [0, 0.1) is 0 Å². The highest BCUT2D eigenvalue weighted by Crippen LogP contribution is 2.32. The van der Waals surface area contributed by atoms with E-state index in [0.29, 0.717) is 24.0 Å². The van der Waals surface area contributed by atoms with Gasteiger partial charge in [-0.15, -0.1) is 0 Å². The number of methoxy groups -OCH3 is 1. The predicted molar refractivity (Wildman–Crippen MR) is 97.0 cm³/mol. The number of nitrogens with one attached hydrogen (secondary N) is 1. The lowest BCUT2D eigenvalue weighted by atomic mass is 10.1. The number of pyridine rings is 1. The Morgan fingerprint density at radius 3 is 2.88 bits per heavy atom. The third kappa shape index (κ3) is 2.61. The maximum absolute atomic E-state index is 13.3. The van der Waals surface area contributed by atoms with Crippen molar-refractivity contribution >= 4 is 16.7 Å². The normalized spacial score (nSPS) is 20.0. The van der Waals surface area contributed by atoms with Gasteiger partial charge in [-0.05, 0) is 17.5 Å². The first-order valence-electron chi connectivity index (χ1n) is 8.52. The molecule has 26 heavy (non-hydrogen) atoms. The molecule has 1 aliphatic rings. The van der Waals surface area contributed by atoms with Gasteiger partial charge < -0.3 is 19.2 Å². The van der Waals surface area contributed by atoms with E-state index in [1.807, 2.05) is 18.2 Å². The number of amides is 1. The summed E-state index contributed by atoms with van der Waals surface area (Å²) < 4.78 is 6.90. The minimum Gasteiger partial charge on any atom is -0.380 e. The Balaban J connectivity index is 1.78. The summed E-state index contributed by atoms with van der Waals surface area (Å²) in [6.45, 7) is 0.460. The molecule has 0 spiro atoms. The van der Waals surface area contributed by atoms with Gasteiger partial charge in [-0.1, -0.05) is 18.2 Å². The maximum atomic E-state index is 13.3. The Hall–Kier alpha value is -2.93. The van der Waals surface area contributed by atoms with E-state index < -0.39 is 0 Å². The molecule has 4 rings (SSSR count). The number of hydrogen-bond donors (Lipinski definition) is 1. The van der Waals surface area contributed by atoms with Crippen LogP contribution in [0.4, 0.5) is 0 Å². The number of nitrogens with zero attached hydrogens (tertiary/aromatic N) is 3. The molecule has 1 fully saturated rings. The molecule has 0 radical (unpaired) electrons. The summed E-state index contributed by atoms with van der Waals surface area (Å²) in [5.41, 5.74) is 0.186. The predicted octanol–water partition coefficient (Wildman–Crippen LogP) is 1.86. The zero-order valence-corrected chi connectivity index (χ0v) is 14.7. The van der Waals surface area contributed by atoms with Crippen molar-refractivity contribution in [2.75, 3.05) is 13.7 Å². The number of aromatic nitrogens is 3. The van der Waals surface area contributed by atoms with Crippen molar-refractivity contribution in [1.82, 2.24) is 19.4 Å². The summed E-state index contributed by atoms with van der Waals surface area (Å²) in [7, 11) is 3.28. The number of hydrogen-bond acceptors (Lipinski definition) is 4. The Labute approximate surface area is 150 Å². The van der Waals surface area contributed by atoms with Gasteiger partial charge in [0.05, 0.1) is 12.1 Å². The molecule has 7 nitrogen and oxygen atoms in total. The molecule has 3 aromatic rings. The molecule has 0 saturated carbocycles. The van der Waals surface area contributed by atoms with Crippen molar-refractivity contribution in [2.24, 2.45) is 7.05 Å². The molecule has 1 amide bonds. The van der Waals surface area contributed by atoms with E-state index in [0.717, 1.165) is 11.2 Å². The number of aromatic amines is 1. The molecule has 2 atom stereocenters. The average molecular weight is 352 g/mol. The van der Waals surface area contributed by atoms with Crippen LogP contribution in [-0.2, 0) is 11.8 Å². The molecule has 0 bridgehead atoms. The van der Waals surface area contributed by atoms with Gasteiger partial charge in [-0.2, -0.15) is 0 Å². The number of likely N-dealkylation sites (tertiary alicyclic amines) is 1. The number of rotatable bonds is 3. The number of imidazole rings is 1. The van der Waals surface area contributed by atoms with Crippen molar-refractivity contribution in [1.29, 1.82) is 0 Å². The van der Waals surface area contributed by atoms with Crippen LogP contribution in [0.2, 0.25) is 0 Å². The molecule has 0 aliphatic carbocycles. The molecule has 134 valence electrons. The van der Waals surface area contributed by atoms with E-state index in [9.17, 15) is 9.59 Å². The van der Waals surface area contributed by atoms with Crippen molar-refractivity contribution in [3.63, 3.8) is 0 Å². The summed E-state index contributed by atoms with van der Waals surface area (Å²) in [5, 5.41) is 1.36. The van der Waals surface area contributed by atoms with Crippen LogP contribution in [0.3, 0.4) is 0 Å². The fourth-order valence-corrected chi connectivity index (χ4v) is 3.62. The molecule has 1 unspecified atom stereocenters. The van der Waals surface area contributed by atoms with Crippen LogP contribution in [0.25, 0.3) is 10.8 Å². The minimum absolute atomic E-state index is 0.0634. The lowest BCUT2D eigenvalue weighted by molar-refractivity contribution is 0.0674. The van der Waals surface area contributed by atoms with Crippen LogP contribution in [0.1, 0.15) is 28.8 Å². The highest BCUT2D eigenvalue weighted by Gasteiger charge is 2.38. The van der Waals surface area contributed by atoms with Gasteiger partial charge in [0.2, 0.25) is 0 Å². The average Bonchev–Trinajstić information content (AvgIpc) is 3.33. The number of benzene rings is 1. The molecule has 1 saturated heterocycles. The summed E-state index contributed by atoms with van der Waals surface area (Å²) in [4.78, 5) is 35.1. The summed E-state index contributed by atoms with van der Waals surface area (Å²) in [5.74, 6) is 0.528. The molecule has 1 N–H and O–H groups in total. The van der Waals surface area contributed by atoms with Crippen LogP contribution in [-0.4, -0.2) is 45.1 Å². The summed E-state index contributed by atoms with van der Waals surface area (Å²) in [6.07, 6.45) is 4.01. The van der Waals surface area contributed by atoms with E-state index in [-0.39, 0.29) is 23.6 Å². The lowest BCUT2D eigenvalue weighted by Gasteiger charge is -2.24. The second-order valence-corrected chi connectivity index (χ2v) is 6.52. The van der Waals surface area contributed by atoms with E-state index in [2.05, 4.69) is 9.97 Å². The first-order valence-corrected chi connectivity index (χ1v) is 8.52. The Kier molecular flexibility index (Phi) is 4.08. The smallest absolute Gasteiger partial charge is 0.271 e. The molecular weight excluding hydrogens is 332 g/mol. The van der Waals surface area contributed by atoms with Gasteiger partial charge in [-0.25, -0.2) is 4.98 Å². The molecule has 1 aromatic carbocycles. The SMILES string of the molecule is CO[C@@H]1CC(c2ncc[nH]2)N(C(=O)c2cc3ccccc3c(=O)n2C)C1. The van der Waals surface area contributed by atoms with Crippen LogP contribution in [0.15, 0.2) is 47.5 Å². The van der Waals surface area contributed by atoms with Crippen LogP contribution < -0.4 is 5.56 Å². The first-order chi connectivity index (χ1) is 12.6. The fourth-order valence-electron chi connectivity index (χ4n) is 3.62. The third-order valence-corrected chi connectivity index (χ3v) is 5.06. The van der Waals surface area contributed by atoms with Gasteiger partial charge in [0.1, 0.15) is 11.5 Å². The lowest BCUT2D eigenvalue weighted by Crippen LogP contribution is -2.36. The van der Waals surface area contributed by atoms with Crippen molar-refractivity contribution in [2.45, 2.75) is 18.6 Å². The molecule has 3 heterocycles.